The molecule has 2 aromatic rings. The Labute approximate surface area is 81.0 Å². The Morgan fingerprint density at radius 2 is 2.29 bits per heavy atom. The summed E-state index contributed by atoms with van der Waals surface area (Å²) in [6, 6.07) is 0. The van der Waals surface area contributed by atoms with Crippen LogP contribution in [0.3, 0.4) is 0 Å². The number of nitrogens with one attached hydrogen (secondary N) is 1. The van der Waals surface area contributed by atoms with Gasteiger partial charge in [0.15, 0.2) is 0 Å². The Morgan fingerprint density at radius 3 is 2.93 bits per heavy atom. The minimum Gasteiger partial charge on any atom is -0.337 e. The van der Waals surface area contributed by atoms with Gasteiger partial charge in [-0.15, -0.1) is 0 Å². The van der Waals surface area contributed by atoms with Gasteiger partial charge in [-0.3, -0.25) is 4.57 Å². The lowest BCUT2D eigenvalue weighted by Crippen LogP contribution is -2.16. The quantitative estimate of drug-likeness (QED) is 0.765. The van der Waals surface area contributed by atoms with E-state index in [9.17, 15) is 4.79 Å². The maximum atomic E-state index is 11.1. The third kappa shape index (κ3) is 1.93. The van der Waals surface area contributed by atoms with E-state index in [4.69, 9.17) is 0 Å². The first-order chi connectivity index (χ1) is 6.86. The standard InChI is InChI=1S/C9H12N4O/c14-9-11-3-7-13(9)5-1-4-12-6-2-10-8-12/h2-3,6-8H,1,4-5H2,(H,11,14). The van der Waals surface area contributed by atoms with Crippen LogP contribution in [0.1, 0.15) is 6.42 Å². The van der Waals surface area contributed by atoms with Crippen LogP contribution in [-0.2, 0) is 13.1 Å². The molecule has 0 bridgehead atoms. The first-order valence-electron chi connectivity index (χ1n) is 4.56. The Morgan fingerprint density at radius 1 is 1.36 bits per heavy atom. The van der Waals surface area contributed by atoms with Gasteiger partial charge >= 0.3 is 5.69 Å². The molecule has 0 amide bonds. The van der Waals surface area contributed by atoms with E-state index in [0.717, 1.165) is 19.5 Å². The molecule has 2 rings (SSSR count). The molecule has 5 nitrogen and oxygen atoms in total. The number of rotatable bonds is 4. The van der Waals surface area contributed by atoms with Crippen molar-refractivity contribution in [1.29, 1.82) is 0 Å². The van der Waals surface area contributed by atoms with Crippen molar-refractivity contribution in [1.82, 2.24) is 19.1 Å². The number of aromatic nitrogens is 4. The van der Waals surface area contributed by atoms with E-state index in [1.807, 2.05) is 10.8 Å². The van der Waals surface area contributed by atoms with Gasteiger partial charge in [0.2, 0.25) is 0 Å². The molecule has 0 spiro atoms. The Hall–Kier alpha value is -1.78. The fourth-order valence-corrected chi connectivity index (χ4v) is 1.37. The van der Waals surface area contributed by atoms with Crippen molar-refractivity contribution in [3.05, 3.63) is 41.6 Å². The number of hydrogen-bond donors (Lipinski definition) is 1. The summed E-state index contributed by atoms with van der Waals surface area (Å²) in [5, 5.41) is 0. The molecule has 0 radical (unpaired) electrons. The third-order valence-corrected chi connectivity index (χ3v) is 2.10. The minimum absolute atomic E-state index is 0.0457. The fourth-order valence-electron chi connectivity index (χ4n) is 1.37. The summed E-state index contributed by atoms with van der Waals surface area (Å²) in [5.41, 5.74) is -0.0457. The molecule has 0 fully saturated rings. The lowest BCUT2D eigenvalue weighted by Gasteiger charge is -2.01. The predicted molar refractivity (Wildman–Crippen MR) is 51.9 cm³/mol. The molecule has 2 heterocycles. The first-order valence-corrected chi connectivity index (χ1v) is 4.56. The average molecular weight is 192 g/mol. The summed E-state index contributed by atoms with van der Waals surface area (Å²) < 4.78 is 3.66. The van der Waals surface area contributed by atoms with Gasteiger partial charge in [0.1, 0.15) is 0 Å². The molecule has 0 aromatic carbocycles. The number of nitrogens with zero attached hydrogens (tertiary/aromatic N) is 3. The van der Waals surface area contributed by atoms with E-state index in [0.29, 0.717) is 0 Å². The second kappa shape index (κ2) is 3.95. The van der Waals surface area contributed by atoms with Crippen LogP contribution in [0.25, 0.3) is 0 Å². The van der Waals surface area contributed by atoms with Crippen LogP contribution in [0.5, 0.6) is 0 Å². The zero-order chi connectivity index (χ0) is 9.80. The van der Waals surface area contributed by atoms with Crippen molar-refractivity contribution >= 4 is 0 Å². The molecule has 2 aromatic heterocycles. The highest BCUT2D eigenvalue weighted by Gasteiger charge is 1.95. The molecule has 1 N–H and O–H groups in total. The van der Waals surface area contributed by atoms with Crippen LogP contribution in [0.4, 0.5) is 0 Å². The highest BCUT2D eigenvalue weighted by atomic mass is 16.1. The molecule has 0 saturated carbocycles. The molecule has 0 aliphatic rings. The van der Waals surface area contributed by atoms with Crippen LogP contribution >= 0.6 is 0 Å². The van der Waals surface area contributed by atoms with Gasteiger partial charge in [-0.25, -0.2) is 9.78 Å². The molecule has 0 saturated heterocycles. The largest absolute Gasteiger partial charge is 0.337 e. The van der Waals surface area contributed by atoms with Gasteiger partial charge in [0, 0.05) is 37.9 Å². The van der Waals surface area contributed by atoms with E-state index < -0.39 is 0 Å². The lowest BCUT2D eigenvalue weighted by atomic mass is 10.4. The number of H-pyrrole nitrogens is 1. The number of aromatic amines is 1. The maximum Gasteiger partial charge on any atom is 0.325 e. The van der Waals surface area contributed by atoms with Crippen molar-refractivity contribution in [2.75, 3.05) is 0 Å². The molecular formula is C9H12N4O. The van der Waals surface area contributed by atoms with Crippen LogP contribution < -0.4 is 5.69 Å². The summed E-state index contributed by atoms with van der Waals surface area (Å²) >= 11 is 0. The van der Waals surface area contributed by atoms with Crippen LogP contribution in [0, 0.1) is 0 Å². The van der Waals surface area contributed by atoms with Crippen LogP contribution in [-0.4, -0.2) is 19.1 Å². The van der Waals surface area contributed by atoms with Crippen LogP contribution in [0.15, 0.2) is 35.9 Å². The maximum absolute atomic E-state index is 11.1. The molecule has 0 atom stereocenters. The number of imidazole rings is 2. The highest BCUT2D eigenvalue weighted by molar-refractivity contribution is 4.76. The summed E-state index contributed by atoms with van der Waals surface area (Å²) in [4.78, 5) is 17.6. The third-order valence-electron chi connectivity index (χ3n) is 2.10. The molecular weight excluding hydrogens is 180 g/mol. The molecule has 0 unspecified atom stereocenters. The van der Waals surface area contributed by atoms with Gasteiger partial charge in [-0.1, -0.05) is 0 Å². The first kappa shape index (κ1) is 8.80. The van der Waals surface area contributed by atoms with Crippen molar-refractivity contribution in [3.63, 3.8) is 0 Å². The summed E-state index contributed by atoms with van der Waals surface area (Å²) in [7, 11) is 0. The monoisotopic (exact) mass is 192 g/mol. The molecule has 5 heteroatoms. The van der Waals surface area contributed by atoms with Crippen LogP contribution in [0.2, 0.25) is 0 Å². The van der Waals surface area contributed by atoms with E-state index in [1.165, 1.54) is 0 Å². The summed E-state index contributed by atoms with van der Waals surface area (Å²) in [6.07, 6.45) is 9.78. The van der Waals surface area contributed by atoms with E-state index in [-0.39, 0.29) is 5.69 Å². The van der Waals surface area contributed by atoms with Crippen molar-refractivity contribution < 1.29 is 0 Å². The van der Waals surface area contributed by atoms with E-state index in [2.05, 4.69) is 9.97 Å². The SMILES string of the molecule is O=c1[nH]ccn1CCCn1ccnc1. The number of aryl methyl sites for hydroxylation is 2. The topological polar surface area (TPSA) is 55.6 Å². The Kier molecular flexibility index (Phi) is 2.48. The van der Waals surface area contributed by atoms with Gasteiger partial charge in [0.05, 0.1) is 6.33 Å². The second-order valence-corrected chi connectivity index (χ2v) is 3.11. The second-order valence-electron chi connectivity index (χ2n) is 3.11. The van der Waals surface area contributed by atoms with Gasteiger partial charge in [-0.2, -0.15) is 0 Å². The average Bonchev–Trinajstić information content (AvgIpc) is 2.78. The van der Waals surface area contributed by atoms with Crippen molar-refractivity contribution in [2.24, 2.45) is 0 Å². The van der Waals surface area contributed by atoms with Gasteiger partial charge in [-0.05, 0) is 6.42 Å². The lowest BCUT2D eigenvalue weighted by molar-refractivity contribution is 0.554. The fraction of sp³-hybridized carbons (Fsp3) is 0.333. The summed E-state index contributed by atoms with van der Waals surface area (Å²) in [5.74, 6) is 0. The molecule has 0 aliphatic carbocycles. The van der Waals surface area contributed by atoms with E-state index in [1.54, 1.807) is 29.5 Å². The zero-order valence-electron chi connectivity index (χ0n) is 7.76. The number of hydrogen-bond acceptors (Lipinski definition) is 2. The highest BCUT2D eigenvalue weighted by Crippen LogP contribution is 1.92. The molecule has 74 valence electrons. The van der Waals surface area contributed by atoms with Gasteiger partial charge in [0.25, 0.3) is 0 Å². The smallest absolute Gasteiger partial charge is 0.325 e. The Balaban J connectivity index is 1.84. The Bertz CT molecular complexity index is 426. The van der Waals surface area contributed by atoms with E-state index >= 15 is 0 Å². The predicted octanol–water partition coefficient (Wildman–Crippen LogP) is 0.463. The normalized spacial score (nSPS) is 10.6. The van der Waals surface area contributed by atoms with Crippen molar-refractivity contribution in [2.45, 2.75) is 19.5 Å². The summed E-state index contributed by atoms with van der Waals surface area (Å²) in [6.45, 7) is 1.62. The molecule has 0 aliphatic heterocycles. The van der Waals surface area contributed by atoms with Crippen molar-refractivity contribution in [3.8, 4) is 0 Å². The molecule has 14 heavy (non-hydrogen) atoms. The zero-order valence-corrected chi connectivity index (χ0v) is 7.76. The van der Waals surface area contributed by atoms with Gasteiger partial charge < -0.3 is 9.55 Å². The minimum atomic E-state index is -0.0457.